The van der Waals surface area contributed by atoms with E-state index in [1.54, 1.807) is 0 Å². The summed E-state index contributed by atoms with van der Waals surface area (Å²) in [5, 5.41) is 0. The summed E-state index contributed by atoms with van der Waals surface area (Å²) in [4.78, 5) is 6.92. The van der Waals surface area contributed by atoms with Crippen LogP contribution < -0.4 is 4.90 Å². The molecule has 0 saturated carbocycles. The van der Waals surface area contributed by atoms with E-state index in [-0.39, 0.29) is 0 Å². The molecule has 4 heteroatoms. The maximum atomic E-state index is 4.57. The lowest BCUT2D eigenvalue weighted by atomic mass is 10.3. The second kappa shape index (κ2) is 4.53. The molecule has 0 N–H and O–H groups in total. The molecule has 1 saturated heterocycles. The maximum absolute atomic E-state index is 4.57. The summed E-state index contributed by atoms with van der Waals surface area (Å²) in [6.45, 7) is 4.28. The Balaban J connectivity index is 2.18. The Morgan fingerprint density at radius 1 is 1.36 bits per heavy atom. The molecule has 0 aliphatic carbocycles. The first-order valence-corrected chi connectivity index (χ1v) is 6.68. The van der Waals surface area contributed by atoms with Crippen LogP contribution in [0.5, 0.6) is 0 Å². The molecule has 0 atom stereocenters. The topological polar surface area (TPSA) is 16.1 Å². The van der Waals surface area contributed by atoms with E-state index in [9.17, 15) is 0 Å². The van der Waals surface area contributed by atoms with Crippen molar-refractivity contribution in [3.8, 4) is 0 Å². The highest BCUT2D eigenvalue weighted by Crippen LogP contribution is 2.21. The fourth-order valence-corrected chi connectivity index (χ4v) is 2.62. The lowest BCUT2D eigenvalue weighted by molar-refractivity contribution is 0.835. The normalized spacial score (nSPS) is 17.1. The summed E-state index contributed by atoms with van der Waals surface area (Å²) in [5.41, 5.74) is 1.07. The molecule has 2 nitrogen and oxygen atoms in total. The summed E-state index contributed by atoms with van der Waals surface area (Å²) < 4.78 is 1.09. The number of hydrogen-bond donors (Lipinski definition) is 0. The molecule has 0 radical (unpaired) electrons. The molecule has 0 amide bonds. The lowest BCUT2D eigenvalue weighted by Gasteiger charge is -2.27. The van der Waals surface area contributed by atoms with Gasteiger partial charge in [-0.3, -0.25) is 0 Å². The average molecular weight is 273 g/mol. The molecule has 0 spiro atoms. The fourth-order valence-electron chi connectivity index (χ4n) is 1.50. The SMILES string of the molecule is Cc1nc(N2CCSCC2)ccc1Br. The van der Waals surface area contributed by atoms with Gasteiger partial charge in [0.25, 0.3) is 0 Å². The number of rotatable bonds is 1. The summed E-state index contributed by atoms with van der Waals surface area (Å²) >= 11 is 5.49. The first-order valence-electron chi connectivity index (χ1n) is 4.73. The Bertz CT molecular complexity index is 324. The zero-order valence-corrected chi connectivity index (χ0v) is 10.6. The van der Waals surface area contributed by atoms with E-state index in [4.69, 9.17) is 0 Å². The number of aromatic nitrogens is 1. The van der Waals surface area contributed by atoms with Crippen molar-refractivity contribution in [2.24, 2.45) is 0 Å². The zero-order chi connectivity index (χ0) is 9.97. The van der Waals surface area contributed by atoms with E-state index in [0.29, 0.717) is 0 Å². The van der Waals surface area contributed by atoms with Crippen molar-refractivity contribution in [1.82, 2.24) is 4.98 Å². The largest absolute Gasteiger partial charge is 0.355 e. The Labute approximate surface area is 97.2 Å². The van der Waals surface area contributed by atoms with Crippen LogP contribution in [0.25, 0.3) is 0 Å². The van der Waals surface area contributed by atoms with Gasteiger partial charge in [0.2, 0.25) is 0 Å². The van der Waals surface area contributed by atoms with Crippen LogP contribution >= 0.6 is 27.7 Å². The molecule has 1 fully saturated rings. The van der Waals surface area contributed by atoms with Crippen LogP contribution in [0.2, 0.25) is 0 Å². The van der Waals surface area contributed by atoms with E-state index in [2.05, 4.69) is 37.9 Å². The summed E-state index contributed by atoms with van der Waals surface area (Å²) in [7, 11) is 0. The minimum Gasteiger partial charge on any atom is -0.355 e. The Morgan fingerprint density at radius 3 is 2.71 bits per heavy atom. The number of nitrogens with zero attached hydrogens (tertiary/aromatic N) is 2. The second-order valence-corrected chi connectivity index (χ2v) is 5.42. The molecule has 76 valence electrons. The van der Waals surface area contributed by atoms with Crippen LogP contribution in [0.1, 0.15) is 5.69 Å². The van der Waals surface area contributed by atoms with E-state index >= 15 is 0 Å². The van der Waals surface area contributed by atoms with E-state index in [0.717, 1.165) is 29.1 Å². The number of halogens is 1. The van der Waals surface area contributed by atoms with Gasteiger partial charge in [-0.15, -0.1) is 0 Å². The number of pyridine rings is 1. The smallest absolute Gasteiger partial charge is 0.128 e. The third-order valence-electron chi connectivity index (χ3n) is 2.34. The second-order valence-electron chi connectivity index (χ2n) is 3.34. The first-order chi connectivity index (χ1) is 6.77. The molecule has 0 bridgehead atoms. The van der Waals surface area contributed by atoms with Crippen LogP contribution in [-0.2, 0) is 0 Å². The van der Waals surface area contributed by atoms with E-state index < -0.39 is 0 Å². The van der Waals surface area contributed by atoms with Crippen molar-refractivity contribution in [1.29, 1.82) is 0 Å². The molecule has 14 heavy (non-hydrogen) atoms. The van der Waals surface area contributed by atoms with Crippen LogP contribution in [0.15, 0.2) is 16.6 Å². The monoisotopic (exact) mass is 272 g/mol. The predicted octanol–water partition coefficient (Wildman–Crippen LogP) is 2.71. The van der Waals surface area contributed by atoms with Gasteiger partial charge in [-0.1, -0.05) is 0 Å². The minimum absolute atomic E-state index is 1.07. The molecule has 1 aromatic rings. The molecule has 1 aliphatic heterocycles. The zero-order valence-electron chi connectivity index (χ0n) is 8.16. The first kappa shape index (κ1) is 10.3. The number of hydrogen-bond acceptors (Lipinski definition) is 3. The predicted molar refractivity (Wildman–Crippen MR) is 66.2 cm³/mol. The van der Waals surface area contributed by atoms with Crippen LogP contribution in [0.3, 0.4) is 0 Å². The van der Waals surface area contributed by atoms with Crippen molar-refractivity contribution in [3.05, 3.63) is 22.3 Å². The third-order valence-corrected chi connectivity index (χ3v) is 4.12. The Kier molecular flexibility index (Phi) is 3.34. The molecule has 1 aromatic heterocycles. The van der Waals surface area contributed by atoms with E-state index in [1.165, 1.54) is 11.5 Å². The third kappa shape index (κ3) is 2.23. The highest BCUT2D eigenvalue weighted by atomic mass is 79.9. The Hall–Kier alpha value is -0.220. The Morgan fingerprint density at radius 2 is 2.07 bits per heavy atom. The van der Waals surface area contributed by atoms with Crippen molar-refractivity contribution in [2.75, 3.05) is 29.5 Å². The van der Waals surface area contributed by atoms with Crippen LogP contribution in [-0.4, -0.2) is 29.6 Å². The van der Waals surface area contributed by atoms with Crippen LogP contribution in [0, 0.1) is 6.92 Å². The van der Waals surface area contributed by atoms with Crippen molar-refractivity contribution < 1.29 is 0 Å². The average Bonchev–Trinajstić information content (AvgIpc) is 2.23. The van der Waals surface area contributed by atoms with Gasteiger partial charge in [-0.25, -0.2) is 4.98 Å². The number of anilines is 1. The maximum Gasteiger partial charge on any atom is 0.128 e. The van der Waals surface area contributed by atoms with Crippen molar-refractivity contribution >= 4 is 33.5 Å². The van der Waals surface area contributed by atoms with Gasteiger partial charge in [0, 0.05) is 29.1 Å². The van der Waals surface area contributed by atoms with Crippen molar-refractivity contribution in [3.63, 3.8) is 0 Å². The summed E-state index contributed by atoms with van der Waals surface area (Å²) in [6, 6.07) is 4.17. The molecular formula is C10H13BrN2S. The quantitative estimate of drug-likeness (QED) is 0.782. The minimum atomic E-state index is 1.07. The standard InChI is InChI=1S/C10H13BrN2S/c1-8-9(11)2-3-10(12-8)13-4-6-14-7-5-13/h2-3H,4-7H2,1H3. The molecule has 0 unspecified atom stereocenters. The van der Waals surface area contributed by atoms with E-state index in [1.807, 2.05) is 18.7 Å². The van der Waals surface area contributed by atoms with Gasteiger partial charge in [0.05, 0.1) is 5.69 Å². The van der Waals surface area contributed by atoms with Gasteiger partial charge in [0.1, 0.15) is 5.82 Å². The van der Waals surface area contributed by atoms with Crippen molar-refractivity contribution in [2.45, 2.75) is 6.92 Å². The molecule has 2 rings (SSSR count). The highest BCUT2D eigenvalue weighted by Gasteiger charge is 2.12. The summed E-state index contributed by atoms with van der Waals surface area (Å²) in [6.07, 6.45) is 0. The van der Waals surface area contributed by atoms with Gasteiger partial charge in [-0.05, 0) is 35.0 Å². The van der Waals surface area contributed by atoms with Gasteiger partial charge in [-0.2, -0.15) is 11.8 Å². The fraction of sp³-hybridized carbons (Fsp3) is 0.500. The molecule has 0 aromatic carbocycles. The molecule has 1 aliphatic rings. The van der Waals surface area contributed by atoms with Gasteiger partial charge < -0.3 is 4.90 Å². The summed E-state index contributed by atoms with van der Waals surface area (Å²) in [5.74, 6) is 3.55. The highest BCUT2D eigenvalue weighted by molar-refractivity contribution is 9.10. The number of aryl methyl sites for hydroxylation is 1. The van der Waals surface area contributed by atoms with Gasteiger partial charge in [0.15, 0.2) is 0 Å². The van der Waals surface area contributed by atoms with Crippen LogP contribution in [0.4, 0.5) is 5.82 Å². The number of thioether (sulfide) groups is 1. The lowest BCUT2D eigenvalue weighted by Crippen LogP contribution is -2.33. The molecule has 2 heterocycles. The van der Waals surface area contributed by atoms with Gasteiger partial charge >= 0.3 is 0 Å². The molecular weight excluding hydrogens is 260 g/mol.